The number of carbonyl (C=O) groups excluding carboxylic acids is 2. The summed E-state index contributed by atoms with van der Waals surface area (Å²) in [4.78, 5) is 28.2. The second-order valence-corrected chi connectivity index (χ2v) is 8.68. The van der Waals surface area contributed by atoms with Gasteiger partial charge in [-0.3, -0.25) is 9.59 Å². The number of hydrogen-bond donors (Lipinski definition) is 0. The average molecular weight is 439 g/mol. The van der Waals surface area contributed by atoms with Gasteiger partial charge in [0.1, 0.15) is 11.6 Å². The third-order valence-electron chi connectivity index (χ3n) is 6.98. The van der Waals surface area contributed by atoms with E-state index in [2.05, 4.69) is 0 Å². The van der Waals surface area contributed by atoms with Crippen LogP contribution in [0.25, 0.3) is 5.57 Å². The summed E-state index contributed by atoms with van der Waals surface area (Å²) in [5.41, 5.74) is 3.94. The third-order valence-corrected chi connectivity index (χ3v) is 6.98. The number of nitrogens with zero attached hydrogens (tertiary/aromatic N) is 1. The van der Waals surface area contributed by atoms with E-state index in [9.17, 15) is 18.4 Å². The number of halogens is 2. The van der Waals surface area contributed by atoms with Crippen LogP contribution in [0, 0.1) is 35.3 Å². The Morgan fingerprint density at radius 3 is 1.55 bits per heavy atom. The zero-order chi connectivity index (χ0) is 22.7. The predicted octanol–water partition coefficient (Wildman–Crippen LogP) is 5.39. The molecule has 3 aromatic rings. The Kier molecular flexibility index (Phi) is 4.40. The molecule has 1 aliphatic heterocycles. The summed E-state index contributed by atoms with van der Waals surface area (Å²) in [6.07, 6.45) is 4.02. The minimum Gasteiger partial charge on any atom is -0.274 e. The van der Waals surface area contributed by atoms with Gasteiger partial charge in [0.05, 0.1) is 17.5 Å². The van der Waals surface area contributed by atoms with Crippen LogP contribution in [0.4, 0.5) is 14.5 Å². The molecule has 2 bridgehead atoms. The van der Waals surface area contributed by atoms with Crippen LogP contribution >= 0.6 is 0 Å². The summed E-state index contributed by atoms with van der Waals surface area (Å²) < 4.78 is 27.3. The molecular formula is C28H19F2NO2. The minimum atomic E-state index is -0.474. The van der Waals surface area contributed by atoms with Crippen LogP contribution in [0.2, 0.25) is 0 Å². The van der Waals surface area contributed by atoms with E-state index in [4.69, 9.17) is 0 Å². The minimum absolute atomic E-state index is 0.192. The molecule has 1 saturated heterocycles. The van der Waals surface area contributed by atoms with Crippen molar-refractivity contribution < 1.29 is 18.4 Å². The van der Waals surface area contributed by atoms with Crippen LogP contribution in [-0.4, -0.2) is 11.8 Å². The molecule has 2 aliphatic carbocycles. The molecule has 1 saturated carbocycles. The number of hydrogen-bond acceptors (Lipinski definition) is 2. The van der Waals surface area contributed by atoms with Crippen molar-refractivity contribution in [3.8, 4) is 0 Å². The van der Waals surface area contributed by atoms with E-state index in [-0.39, 0.29) is 35.3 Å². The third kappa shape index (κ3) is 2.92. The SMILES string of the molecule is O=C1C2C3C=CC(C3=C(c3ccc(F)cc3)c3ccc(F)cc3)C2C(=O)N1c1ccccc1. The zero-order valence-corrected chi connectivity index (χ0v) is 17.5. The van der Waals surface area contributed by atoms with E-state index in [0.29, 0.717) is 5.69 Å². The van der Waals surface area contributed by atoms with Crippen molar-refractivity contribution in [2.24, 2.45) is 23.7 Å². The van der Waals surface area contributed by atoms with Crippen molar-refractivity contribution >= 4 is 23.1 Å². The number of amides is 2. The summed E-state index contributed by atoms with van der Waals surface area (Å²) >= 11 is 0. The van der Waals surface area contributed by atoms with Gasteiger partial charge in [-0.1, -0.05) is 54.6 Å². The molecule has 6 rings (SSSR count). The maximum Gasteiger partial charge on any atom is 0.238 e. The van der Waals surface area contributed by atoms with Gasteiger partial charge in [0.15, 0.2) is 0 Å². The lowest BCUT2D eigenvalue weighted by Gasteiger charge is -2.21. The molecule has 0 N–H and O–H groups in total. The molecule has 2 amide bonds. The van der Waals surface area contributed by atoms with Gasteiger partial charge in [-0.2, -0.15) is 0 Å². The fourth-order valence-electron chi connectivity index (χ4n) is 5.66. The molecule has 2 fully saturated rings. The molecule has 5 heteroatoms. The summed E-state index contributed by atoms with van der Waals surface area (Å²) in [5, 5.41) is 0. The smallest absolute Gasteiger partial charge is 0.238 e. The van der Waals surface area contributed by atoms with Gasteiger partial charge in [0.25, 0.3) is 0 Å². The summed E-state index contributed by atoms with van der Waals surface area (Å²) in [6, 6.07) is 21.3. The highest BCUT2D eigenvalue weighted by molar-refractivity contribution is 6.23. The van der Waals surface area contributed by atoms with Crippen molar-refractivity contribution in [1.82, 2.24) is 0 Å². The fourth-order valence-corrected chi connectivity index (χ4v) is 5.66. The van der Waals surface area contributed by atoms with Crippen LogP contribution in [-0.2, 0) is 9.59 Å². The van der Waals surface area contributed by atoms with Crippen molar-refractivity contribution in [2.75, 3.05) is 4.90 Å². The first kappa shape index (κ1) is 19.8. The van der Waals surface area contributed by atoms with E-state index in [1.54, 1.807) is 36.4 Å². The maximum atomic E-state index is 13.7. The van der Waals surface area contributed by atoms with E-state index < -0.39 is 11.8 Å². The quantitative estimate of drug-likeness (QED) is 0.406. The number of fused-ring (bicyclic) bond motifs is 5. The summed E-state index contributed by atoms with van der Waals surface area (Å²) in [5.74, 6) is -2.51. The highest BCUT2D eigenvalue weighted by Crippen LogP contribution is 2.58. The molecule has 162 valence electrons. The molecule has 4 atom stereocenters. The van der Waals surface area contributed by atoms with Crippen LogP contribution in [0.1, 0.15) is 11.1 Å². The van der Waals surface area contributed by atoms with Gasteiger partial charge in [-0.05, 0) is 58.7 Å². The predicted molar refractivity (Wildman–Crippen MR) is 121 cm³/mol. The van der Waals surface area contributed by atoms with Gasteiger partial charge < -0.3 is 0 Å². The van der Waals surface area contributed by atoms with Crippen molar-refractivity contribution in [1.29, 1.82) is 0 Å². The van der Waals surface area contributed by atoms with E-state index in [1.807, 2.05) is 30.4 Å². The number of imide groups is 1. The van der Waals surface area contributed by atoms with Crippen LogP contribution < -0.4 is 4.90 Å². The molecule has 3 aromatic carbocycles. The summed E-state index contributed by atoms with van der Waals surface area (Å²) in [6.45, 7) is 0. The lowest BCUT2D eigenvalue weighted by molar-refractivity contribution is -0.122. The topological polar surface area (TPSA) is 37.4 Å². The number of anilines is 1. The molecule has 3 aliphatic rings. The Balaban J connectivity index is 1.50. The Morgan fingerprint density at radius 1 is 0.636 bits per heavy atom. The van der Waals surface area contributed by atoms with Gasteiger partial charge in [-0.15, -0.1) is 0 Å². The van der Waals surface area contributed by atoms with Gasteiger partial charge in [0.2, 0.25) is 11.8 Å². The molecule has 0 spiro atoms. The van der Waals surface area contributed by atoms with Crippen molar-refractivity contribution in [3.63, 3.8) is 0 Å². The molecule has 33 heavy (non-hydrogen) atoms. The standard InChI is InChI=1S/C28H19F2NO2/c29-18-10-6-16(7-11-18)23(17-8-12-19(30)13-9-17)24-21-14-15-22(24)26-25(21)27(32)31(28(26)33)20-4-2-1-3-5-20/h1-15,21-22,25-26H. The Labute approximate surface area is 189 Å². The first-order chi connectivity index (χ1) is 16.0. The maximum absolute atomic E-state index is 13.7. The molecule has 4 unspecified atom stereocenters. The van der Waals surface area contributed by atoms with Gasteiger partial charge >= 0.3 is 0 Å². The zero-order valence-electron chi connectivity index (χ0n) is 17.5. The Morgan fingerprint density at radius 2 is 1.09 bits per heavy atom. The van der Waals surface area contributed by atoms with Crippen LogP contribution in [0.15, 0.2) is 96.6 Å². The number of carbonyl (C=O) groups is 2. The van der Waals surface area contributed by atoms with Gasteiger partial charge in [-0.25, -0.2) is 13.7 Å². The van der Waals surface area contributed by atoms with Crippen molar-refractivity contribution in [2.45, 2.75) is 0 Å². The number of allylic oxidation sites excluding steroid dienone is 3. The molecular weight excluding hydrogens is 420 g/mol. The molecule has 0 radical (unpaired) electrons. The number of para-hydroxylation sites is 1. The monoisotopic (exact) mass is 439 g/mol. The fraction of sp³-hybridized carbons (Fsp3) is 0.143. The first-order valence-corrected chi connectivity index (χ1v) is 10.9. The second kappa shape index (κ2) is 7.34. The largest absolute Gasteiger partial charge is 0.274 e. The van der Waals surface area contributed by atoms with E-state index in [0.717, 1.165) is 22.3 Å². The second-order valence-electron chi connectivity index (χ2n) is 8.68. The molecule has 3 nitrogen and oxygen atoms in total. The first-order valence-electron chi connectivity index (χ1n) is 10.9. The normalized spacial score (nSPS) is 25.2. The molecule has 1 heterocycles. The molecule has 0 aromatic heterocycles. The number of rotatable bonds is 3. The van der Waals surface area contributed by atoms with Crippen LogP contribution in [0.3, 0.4) is 0 Å². The van der Waals surface area contributed by atoms with E-state index >= 15 is 0 Å². The van der Waals surface area contributed by atoms with E-state index in [1.165, 1.54) is 29.2 Å². The number of benzene rings is 3. The van der Waals surface area contributed by atoms with Crippen LogP contribution in [0.5, 0.6) is 0 Å². The lowest BCUT2D eigenvalue weighted by atomic mass is 9.85. The lowest BCUT2D eigenvalue weighted by Crippen LogP contribution is -2.33. The highest BCUT2D eigenvalue weighted by Gasteiger charge is 2.62. The average Bonchev–Trinajstić information content (AvgIpc) is 3.46. The van der Waals surface area contributed by atoms with Gasteiger partial charge in [0, 0.05) is 11.8 Å². The van der Waals surface area contributed by atoms with Crippen molar-refractivity contribution in [3.05, 3.63) is 119 Å². The Bertz CT molecular complexity index is 1250. The Hall–Kier alpha value is -3.86. The summed E-state index contributed by atoms with van der Waals surface area (Å²) in [7, 11) is 0. The highest BCUT2D eigenvalue weighted by atomic mass is 19.1.